The van der Waals surface area contributed by atoms with E-state index in [1.165, 1.54) is 6.08 Å². The van der Waals surface area contributed by atoms with Crippen LogP contribution in [0.15, 0.2) is 34.8 Å². The molecule has 0 aliphatic carbocycles. The van der Waals surface area contributed by atoms with Crippen molar-refractivity contribution in [2.75, 3.05) is 6.54 Å². The van der Waals surface area contributed by atoms with Crippen LogP contribution in [0.25, 0.3) is 6.08 Å². The first-order valence-corrected chi connectivity index (χ1v) is 6.56. The largest absolute Gasteiger partial charge is 0.481 e. The van der Waals surface area contributed by atoms with Crippen molar-refractivity contribution in [3.63, 3.8) is 0 Å². The zero-order valence-corrected chi connectivity index (χ0v) is 12.4. The molecule has 1 rings (SSSR count). The van der Waals surface area contributed by atoms with Crippen LogP contribution in [-0.2, 0) is 9.59 Å². The van der Waals surface area contributed by atoms with Crippen LogP contribution < -0.4 is 5.32 Å². The molecule has 4 nitrogen and oxygen atoms in total. The topological polar surface area (TPSA) is 66.4 Å². The molecule has 0 aliphatic heterocycles. The van der Waals surface area contributed by atoms with Gasteiger partial charge in [0, 0.05) is 17.1 Å². The van der Waals surface area contributed by atoms with Crippen molar-refractivity contribution in [1.82, 2.24) is 5.32 Å². The Kier molecular flexibility index (Phi) is 5.30. The molecule has 0 fully saturated rings. The van der Waals surface area contributed by atoms with Gasteiger partial charge in [0.1, 0.15) is 0 Å². The molecule has 1 aromatic carbocycles. The van der Waals surface area contributed by atoms with E-state index in [9.17, 15) is 9.59 Å². The number of benzene rings is 1. The minimum atomic E-state index is -0.975. The summed E-state index contributed by atoms with van der Waals surface area (Å²) in [5.74, 6) is -1.26. The fourth-order valence-corrected chi connectivity index (χ4v) is 1.64. The SMILES string of the molecule is CC(C)(CNC(=O)/C=C/c1ccccc1Br)C(=O)O. The van der Waals surface area contributed by atoms with Crippen LogP contribution in [0.1, 0.15) is 19.4 Å². The third kappa shape index (κ3) is 4.87. The summed E-state index contributed by atoms with van der Waals surface area (Å²) in [6.45, 7) is 3.21. The Labute approximate surface area is 120 Å². The number of hydrogen-bond acceptors (Lipinski definition) is 2. The second-order valence-corrected chi connectivity index (χ2v) is 5.62. The first-order valence-electron chi connectivity index (χ1n) is 5.77. The van der Waals surface area contributed by atoms with E-state index < -0.39 is 11.4 Å². The zero-order chi connectivity index (χ0) is 14.5. The molecule has 0 aromatic heterocycles. The Morgan fingerprint density at radius 3 is 2.58 bits per heavy atom. The lowest BCUT2D eigenvalue weighted by Gasteiger charge is -2.18. The predicted octanol–water partition coefficient (Wildman–Crippen LogP) is 2.69. The molecule has 0 unspecified atom stereocenters. The third-order valence-electron chi connectivity index (χ3n) is 2.60. The summed E-state index contributed by atoms with van der Waals surface area (Å²) in [6.07, 6.45) is 3.06. The molecule has 0 spiro atoms. The molecule has 0 saturated heterocycles. The minimum absolute atomic E-state index is 0.0848. The molecule has 1 aromatic rings. The molecule has 0 saturated carbocycles. The molecule has 5 heteroatoms. The summed E-state index contributed by atoms with van der Waals surface area (Å²) in [5.41, 5.74) is -0.0910. The van der Waals surface area contributed by atoms with E-state index in [1.54, 1.807) is 19.9 Å². The van der Waals surface area contributed by atoms with Gasteiger partial charge < -0.3 is 10.4 Å². The number of carbonyl (C=O) groups is 2. The van der Waals surface area contributed by atoms with E-state index in [4.69, 9.17) is 5.11 Å². The fraction of sp³-hybridized carbons (Fsp3) is 0.286. The number of carbonyl (C=O) groups excluding carboxylic acids is 1. The highest BCUT2D eigenvalue weighted by Crippen LogP contribution is 2.17. The van der Waals surface area contributed by atoms with Crippen molar-refractivity contribution in [1.29, 1.82) is 0 Å². The monoisotopic (exact) mass is 325 g/mol. The second-order valence-electron chi connectivity index (χ2n) is 4.76. The Hall–Kier alpha value is -1.62. The average Bonchev–Trinajstić information content (AvgIpc) is 2.35. The normalized spacial score (nSPS) is 11.5. The first-order chi connectivity index (χ1) is 8.83. The van der Waals surface area contributed by atoms with Crippen molar-refractivity contribution >= 4 is 33.9 Å². The molecule has 0 bridgehead atoms. The average molecular weight is 326 g/mol. The maximum absolute atomic E-state index is 11.6. The van der Waals surface area contributed by atoms with Gasteiger partial charge in [-0.25, -0.2) is 0 Å². The Morgan fingerprint density at radius 2 is 2.00 bits per heavy atom. The lowest BCUT2D eigenvalue weighted by molar-refractivity contribution is -0.146. The summed E-state index contributed by atoms with van der Waals surface area (Å²) in [7, 11) is 0. The standard InChI is InChI=1S/C14H16BrNO3/c1-14(2,13(18)19)9-16-12(17)8-7-10-5-3-4-6-11(10)15/h3-8H,9H2,1-2H3,(H,16,17)(H,18,19)/b8-7+. The van der Waals surface area contributed by atoms with Crippen LogP contribution in [0.4, 0.5) is 0 Å². The predicted molar refractivity (Wildman–Crippen MR) is 77.6 cm³/mol. The first kappa shape index (κ1) is 15.4. The second kappa shape index (κ2) is 6.52. The number of carboxylic acid groups (broad SMARTS) is 1. The third-order valence-corrected chi connectivity index (χ3v) is 3.33. The minimum Gasteiger partial charge on any atom is -0.481 e. The van der Waals surface area contributed by atoms with E-state index in [2.05, 4.69) is 21.2 Å². The van der Waals surface area contributed by atoms with Crippen molar-refractivity contribution in [3.8, 4) is 0 Å². The molecule has 19 heavy (non-hydrogen) atoms. The van der Waals surface area contributed by atoms with Gasteiger partial charge in [-0.1, -0.05) is 34.1 Å². The Bertz CT molecular complexity index is 509. The van der Waals surface area contributed by atoms with Crippen molar-refractivity contribution < 1.29 is 14.7 Å². The summed E-state index contributed by atoms with van der Waals surface area (Å²) in [6, 6.07) is 7.51. The number of carboxylic acids is 1. The van der Waals surface area contributed by atoms with Gasteiger partial charge in [0.15, 0.2) is 0 Å². The van der Waals surface area contributed by atoms with E-state index in [-0.39, 0.29) is 12.5 Å². The smallest absolute Gasteiger partial charge is 0.310 e. The van der Waals surface area contributed by atoms with Crippen molar-refractivity contribution in [3.05, 3.63) is 40.4 Å². The lowest BCUT2D eigenvalue weighted by atomic mass is 9.94. The molecule has 0 aliphatic rings. The zero-order valence-electron chi connectivity index (χ0n) is 10.8. The molecule has 2 N–H and O–H groups in total. The highest BCUT2D eigenvalue weighted by atomic mass is 79.9. The van der Waals surface area contributed by atoms with Crippen LogP contribution in [0.3, 0.4) is 0 Å². The van der Waals surface area contributed by atoms with Gasteiger partial charge in [0.05, 0.1) is 5.41 Å². The number of halogens is 1. The van der Waals surface area contributed by atoms with Crippen molar-refractivity contribution in [2.24, 2.45) is 5.41 Å². The number of amides is 1. The quantitative estimate of drug-likeness (QED) is 0.818. The van der Waals surface area contributed by atoms with Crippen LogP contribution >= 0.6 is 15.9 Å². The molecule has 1 amide bonds. The van der Waals surface area contributed by atoms with Gasteiger partial charge in [-0.2, -0.15) is 0 Å². The summed E-state index contributed by atoms with van der Waals surface area (Å²) in [4.78, 5) is 22.5. The van der Waals surface area contributed by atoms with Gasteiger partial charge in [-0.15, -0.1) is 0 Å². The molecular formula is C14H16BrNO3. The molecule has 0 atom stereocenters. The maximum Gasteiger partial charge on any atom is 0.310 e. The number of hydrogen-bond donors (Lipinski definition) is 2. The van der Waals surface area contributed by atoms with Crippen molar-refractivity contribution in [2.45, 2.75) is 13.8 Å². The Morgan fingerprint density at radius 1 is 1.37 bits per heavy atom. The van der Waals surface area contributed by atoms with E-state index >= 15 is 0 Å². The fourth-order valence-electron chi connectivity index (χ4n) is 1.22. The van der Waals surface area contributed by atoms with Gasteiger partial charge in [-0.05, 0) is 31.6 Å². The highest BCUT2D eigenvalue weighted by Gasteiger charge is 2.27. The summed E-state index contributed by atoms with van der Waals surface area (Å²) in [5, 5.41) is 11.5. The van der Waals surface area contributed by atoms with E-state index in [0.717, 1.165) is 10.0 Å². The maximum atomic E-state index is 11.6. The van der Waals surface area contributed by atoms with Crippen LogP contribution in [0, 0.1) is 5.41 Å². The molecular weight excluding hydrogens is 310 g/mol. The molecule has 0 heterocycles. The molecule has 102 valence electrons. The van der Waals surface area contributed by atoms with Gasteiger partial charge in [0.25, 0.3) is 0 Å². The number of nitrogens with one attached hydrogen (secondary N) is 1. The van der Waals surface area contributed by atoms with Crippen LogP contribution in [0.2, 0.25) is 0 Å². The van der Waals surface area contributed by atoms with Crippen LogP contribution in [0.5, 0.6) is 0 Å². The highest BCUT2D eigenvalue weighted by molar-refractivity contribution is 9.10. The van der Waals surface area contributed by atoms with Gasteiger partial charge in [0.2, 0.25) is 5.91 Å². The van der Waals surface area contributed by atoms with Gasteiger partial charge in [-0.3, -0.25) is 9.59 Å². The van der Waals surface area contributed by atoms with Gasteiger partial charge >= 0.3 is 5.97 Å². The van der Waals surface area contributed by atoms with E-state index in [1.807, 2.05) is 24.3 Å². The number of rotatable bonds is 5. The Balaban J connectivity index is 2.57. The van der Waals surface area contributed by atoms with Crippen LogP contribution in [-0.4, -0.2) is 23.5 Å². The summed E-state index contributed by atoms with van der Waals surface area (Å²) >= 11 is 3.38. The number of aliphatic carboxylic acids is 1. The molecule has 0 radical (unpaired) electrons. The summed E-state index contributed by atoms with van der Waals surface area (Å²) < 4.78 is 0.893. The lowest BCUT2D eigenvalue weighted by Crippen LogP contribution is -2.38. The van der Waals surface area contributed by atoms with E-state index in [0.29, 0.717) is 0 Å².